The molecule has 4 heteroatoms. The van der Waals surface area contributed by atoms with Crippen molar-refractivity contribution in [3.8, 4) is 0 Å². The molecule has 0 aliphatic heterocycles. The average Bonchev–Trinajstić information content (AvgIpc) is 2.31. The number of hydrogen-bond acceptors (Lipinski definition) is 1. The van der Waals surface area contributed by atoms with Crippen LogP contribution in [0, 0.1) is 5.82 Å². The molecule has 0 unspecified atom stereocenters. The Morgan fingerprint density at radius 2 is 2.18 bits per heavy atom. The van der Waals surface area contributed by atoms with Crippen LogP contribution in [0.1, 0.15) is 25.5 Å². The summed E-state index contributed by atoms with van der Waals surface area (Å²) in [6.45, 7) is 2.02. The van der Waals surface area contributed by atoms with Crippen LogP contribution >= 0.6 is 0 Å². The molecule has 0 amide bonds. The standard InChI is InChI=1S/C7H11FN2O/c1-2-3-4-5-6(8)7(11)10-9-5/h2-4H2,1H3,(H2,9,10,11). The Hall–Kier alpha value is -1.06. The third-order valence-corrected chi connectivity index (χ3v) is 1.57. The van der Waals surface area contributed by atoms with Crippen LogP contribution in [0.15, 0.2) is 4.79 Å². The highest BCUT2D eigenvalue weighted by molar-refractivity contribution is 5.01. The zero-order chi connectivity index (χ0) is 8.27. The minimum atomic E-state index is -0.668. The summed E-state index contributed by atoms with van der Waals surface area (Å²) in [6.07, 6.45) is 2.48. The Labute approximate surface area is 63.6 Å². The van der Waals surface area contributed by atoms with Gasteiger partial charge in [0.2, 0.25) is 5.82 Å². The van der Waals surface area contributed by atoms with E-state index < -0.39 is 11.4 Å². The van der Waals surface area contributed by atoms with Gasteiger partial charge in [-0.25, -0.2) is 0 Å². The number of nitrogens with one attached hydrogen (secondary N) is 2. The molecule has 0 saturated heterocycles. The zero-order valence-electron chi connectivity index (χ0n) is 6.41. The second-order valence-corrected chi connectivity index (χ2v) is 2.48. The van der Waals surface area contributed by atoms with Gasteiger partial charge in [-0.15, -0.1) is 0 Å². The van der Waals surface area contributed by atoms with E-state index in [1.54, 1.807) is 0 Å². The lowest BCUT2D eigenvalue weighted by atomic mass is 10.2. The Morgan fingerprint density at radius 1 is 1.45 bits per heavy atom. The van der Waals surface area contributed by atoms with E-state index >= 15 is 0 Å². The van der Waals surface area contributed by atoms with Crippen LogP contribution < -0.4 is 5.56 Å². The summed E-state index contributed by atoms with van der Waals surface area (Å²) in [5, 5.41) is 4.69. The fourth-order valence-electron chi connectivity index (χ4n) is 0.905. The molecule has 0 atom stereocenters. The summed E-state index contributed by atoms with van der Waals surface area (Å²) in [6, 6.07) is 0. The number of hydrogen-bond donors (Lipinski definition) is 2. The molecule has 1 heterocycles. The lowest BCUT2D eigenvalue weighted by Crippen LogP contribution is -2.02. The fourth-order valence-corrected chi connectivity index (χ4v) is 0.905. The smallest absolute Gasteiger partial charge is 0.299 e. The first-order valence-electron chi connectivity index (χ1n) is 3.70. The molecule has 0 spiro atoms. The first-order valence-corrected chi connectivity index (χ1v) is 3.70. The molecule has 2 N–H and O–H groups in total. The van der Waals surface area contributed by atoms with E-state index in [-0.39, 0.29) is 0 Å². The van der Waals surface area contributed by atoms with Gasteiger partial charge in [0.25, 0.3) is 5.56 Å². The topological polar surface area (TPSA) is 48.6 Å². The monoisotopic (exact) mass is 158 g/mol. The summed E-state index contributed by atoms with van der Waals surface area (Å²) in [4.78, 5) is 10.5. The van der Waals surface area contributed by atoms with Gasteiger partial charge in [-0.3, -0.25) is 15.0 Å². The molecule has 0 aliphatic rings. The van der Waals surface area contributed by atoms with Crippen LogP contribution in [0.3, 0.4) is 0 Å². The summed E-state index contributed by atoms with van der Waals surface area (Å²) >= 11 is 0. The lowest BCUT2D eigenvalue weighted by molar-refractivity contribution is 0.594. The highest BCUT2D eigenvalue weighted by Crippen LogP contribution is 2.02. The van der Waals surface area contributed by atoms with Gasteiger partial charge in [-0.1, -0.05) is 13.3 Å². The molecule has 0 bridgehead atoms. The molecule has 1 rings (SSSR count). The number of rotatable bonds is 3. The number of unbranched alkanes of at least 4 members (excludes halogenated alkanes) is 1. The second-order valence-electron chi connectivity index (χ2n) is 2.48. The molecular weight excluding hydrogens is 147 g/mol. The van der Waals surface area contributed by atoms with Gasteiger partial charge in [0.15, 0.2) is 0 Å². The predicted molar refractivity (Wildman–Crippen MR) is 40.0 cm³/mol. The first kappa shape index (κ1) is 8.04. The van der Waals surface area contributed by atoms with Crippen molar-refractivity contribution in [3.05, 3.63) is 21.9 Å². The second kappa shape index (κ2) is 3.37. The summed E-state index contributed by atoms with van der Waals surface area (Å²) in [5.41, 5.74) is -0.270. The molecule has 62 valence electrons. The van der Waals surface area contributed by atoms with Gasteiger partial charge < -0.3 is 0 Å². The van der Waals surface area contributed by atoms with Crippen molar-refractivity contribution in [2.24, 2.45) is 0 Å². The van der Waals surface area contributed by atoms with Crippen LogP contribution in [-0.4, -0.2) is 10.2 Å². The van der Waals surface area contributed by atoms with E-state index in [4.69, 9.17) is 0 Å². The number of aromatic amines is 2. The number of aryl methyl sites for hydroxylation is 1. The SMILES string of the molecule is CCCCc1[nH][nH]c(=O)c1F. The van der Waals surface area contributed by atoms with Gasteiger partial charge in [0, 0.05) is 0 Å². The molecule has 0 fully saturated rings. The maximum Gasteiger partial charge on any atom is 0.300 e. The highest BCUT2D eigenvalue weighted by Gasteiger charge is 2.06. The molecule has 1 aromatic rings. The third-order valence-electron chi connectivity index (χ3n) is 1.57. The van der Waals surface area contributed by atoms with E-state index in [9.17, 15) is 9.18 Å². The van der Waals surface area contributed by atoms with Crippen LogP contribution in [0.5, 0.6) is 0 Å². The Kier molecular flexibility index (Phi) is 2.46. The lowest BCUT2D eigenvalue weighted by Gasteiger charge is -1.92. The van der Waals surface area contributed by atoms with Gasteiger partial charge >= 0.3 is 0 Å². The Morgan fingerprint density at radius 3 is 2.64 bits per heavy atom. The number of H-pyrrole nitrogens is 2. The zero-order valence-corrected chi connectivity index (χ0v) is 6.41. The highest BCUT2D eigenvalue weighted by atomic mass is 19.1. The van der Waals surface area contributed by atoms with Crippen molar-refractivity contribution < 1.29 is 4.39 Å². The molecule has 1 aromatic heterocycles. The maximum absolute atomic E-state index is 12.7. The number of aromatic nitrogens is 2. The van der Waals surface area contributed by atoms with Crippen LogP contribution in [-0.2, 0) is 6.42 Å². The predicted octanol–water partition coefficient (Wildman–Crippen LogP) is 1.18. The summed E-state index contributed by atoms with van der Waals surface area (Å²) in [7, 11) is 0. The van der Waals surface area contributed by atoms with E-state index in [1.165, 1.54) is 0 Å². The van der Waals surface area contributed by atoms with Crippen molar-refractivity contribution in [2.45, 2.75) is 26.2 Å². The average molecular weight is 158 g/mol. The summed E-state index contributed by atoms with van der Waals surface area (Å²) < 4.78 is 12.7. The van der Waals surface area contributed by atoms with Crippen LogP contribution in [0.25, 0.3) is 0 Å². The van der Waals surface area contributed by atoms with Gasteiger partial charge in [-0.05, 0) is 12.8 Å². The molecular formula is C7H11FN2O. The fraction of sp³-hybridized carbons (Fsp3) is 0.571. The summed E-state index contributed by atoms with van der Waals surface area (Å²) in [5.74, 6) is -0.668. The first-order chi connectivity index (χ1) is 5.25. The van der Waals surface area contributed by atoms with Crippen molar-refractivity contribution in [3.63, 3.8) is 0 Å². The Balaban J connectivity index is 2.71. The third kappa shape index (κ3) is 1.69. The largest absolute Gasteiger partial charge is 0.300 e. The maximum atomic E-state index is 12.7. The van der Waals surface area contributed by atoms with Gasteiger partial charge in [-0.2, -0.15) is 4.39 Å². The quantitative estimate of drug-likeness (QED) is 0.681. The van der Waals surface area contributed by atoms with E-state index in [1.807, 2.05) is 6.92 Å². The van der Waals surface area contributed by atoms with Crippen molar-refractivity contribution in [1.29, 1.82) is 0 Å². The number of halogens is 1. The molecule has 0 aromatic carbocycles. The van der Waals surface area contributed by atoms with Crippen LogP contribution in [0.2, 0.25) is 0 Å². The minimum Gasteiger partial charge on any atom is -0.299 e. The van der Waals surface area contributed by atoms with Crippen LogP contribution in [0.4, 0.5) is 4.39 Å². The normalized spacial score (nSPS) is 10.4. The van der Waals surface area contributed by atoms with Crippen molar-refractivity contribution >= 4 is 0 Å². The molecule has 0 saturated carbocycles. The Bertz CT molecular complexity index is 276. The molecule has 3 nitrogen and oxygen atoms in total. The van der Waals surface area contributed by atoms with Crippen molar-refractivity contribution in [1.82, 2.24) is 10.2 Å². The van der Waals surface area contributed by atoms with E-state index in [0.717, 1.165) is 12.8 Å². The van der Waals surface area contributed by atoms with Gasteiger partial charge in [0.1, 0.15) is 0 Å². The molecule has 11 heavy (non-hydrogen) atoms. The van der Waals surface area contributed by atoms with Gasteiger partial charge in [0.05, 0.1) is 5.69 Å². The minimum absolute atomic E-state index is 0.386. The molecule has 0 radical (unpaired) electrons. The van der Waals surface area contributed by atoms with E-state index in [0.29, 0.717) is 12.1 Å². The van der Waals surface area contributed by atoms with E-state index in [2.05, 4.69) is 10.2 Å². The van der Waals surface area contributed by atoms with Crippen molar-refractivity contribution in [2.75, 3.05) is 0 Å². The molecule has 0 aliphatic carbocycles.